The predicted octanol–water partition coefficient (Wildman–Crippen LogP) is 2.16. The number of ether oxygens (including phenoxy) is 1. The molecule has 10 nitrogen and oxygen atoms in total. The summed E-state index contributed by atoms with van der Waals surface area (Å²) in [6.45, 7) is 7.06. The van der Waals surface area contributed by atoms with E-state index in [1.807, 2.05) is 39.4 Å². The van der Waals surface area contributed by atoms with Crippen LogP contribution in [0.15, 0.2) is 6.33 Å². The number of hydrazine groups is 1. The second-order valence-corrected chi connectivity index (χ2v) is 8.74. The number of anilines is 2. The van der Waals surface area contributed by atoms with E-state index < -0.39 is 11.7 Å². The van der Waals surface area contributed by atoms with Crippen molar-refractivity contribution in [2.45, 2.75) is 64.6 Å². The third kappa shape index (κ3) is 5.26. The molecule has 1 aliphatic rings. The maximum Gasteiger partial charge on any atom is 0.426 e. The predicted molar refractivity (Wildman–Crippen MR) is 112 cm³/mol. The van der Waals surface area contributed by atoms with E-state index in [0.717, 1.165) is 38.8 Å². The Labute approximate surface area is 171 Å². The van der Waals surface area contributed by atoms with Gasteiger partial charge in [0, 0.05) is 13.1 Å². The van der Waals surface area contributed by atoms with Crippen molar-refractivity contribution in [1.82, 2.24) is 29.8 Å². The van der Waals surface area contributed by atoms with Crippen LogP contribution in [0.5, 0.6) is 0 Å². The first kappa shape index (κ1) is 21.1. The van der Waals surface area contributed by atoms with Crippen LogP contribution < -0.4 is 16.2 Å². The first-order valence-corrected chi connectivity index (χ1v) is 10.1. The largest absolute Gasteiger partial charge is 0.443 e. The minimum Gasteiger partial charge on any atom is -0.443 e. The molecule has 0 bridgehead atoms. The number of hydrogen-bond acceptors (Lipinski definition) is 8. The molecule has 0 aromatic carbocycles. The van der Waals surface area contributed by atoms with Crippen LogP contribution in [-0.4, -0.2) is 62.8 Å². The second-order valence-electron chi connectivity index (χ2n) is 8.74. The fourth-order valence-electron chi connectivity index (χ4n) is 3.46. The Kier molecular flexibility index (Phi) is 6.11. The topological polar surface area (TPSA) is 114 Å². The summed E-state index contributed by atoms with van der Waals surface area (Å²) in [6, 6.07) is 0.104. The molecule has 29 heavy (non-hydrogen) atoms. The lowest BCUT2D eigenvalue weighted by Gasteiger charge is -2.31. The average Bonchev–Trinajstić information content (AvgIpc) is 3.25. The molecule has 2 heterocycles. The molecule has 1 saturated carbocycles. The van der Waals surface area contributed by atoms with E-state index in [4.69, 9.17) is 10.5 Å². The molecule has 2 aromatic heterocycles. The lowest BCUT2D eigenvalue weighted by atomic mass is 10.2. The number of amides is 1. The van der Waals surface area contributed by atoms with Crippen molar-refractivity contribution in [2.75, 3.05) is 31.4 Å². The van der Waals surface area contributed by atoms with E-state index in [0.29, 0.717) is 17.0 Å². The number of nitrogen functional groups attached to an aromatic ring is 1. The molecule has 0 atom stereocenters. The van der Waals surface area contributed by atoms with Gasteiger partial charge in [-0.1, -0.05) is 12.8 Å². The molecule has 10 heteroatoms. The smallest absolute Gasteiger partial charge is 0.426 e. The lowest BCUT2D eigenvalue weighted by Crippen LogP contribution is -2.50. The Morgan fingerprint density at radius 2 is 2.00 bits per heavy atom. The second kappa shape index (κ2) is 8.40. The van der Waals surface area contributed by atoms with Crippen molar-refractivity contribution >= 4 is 29.0 Å². The van der Waals surface area contributed by atoms with E-state index in [2.05, 4.69) is 25.3 Å². The summed E-state index contributed by atoms with van der Waals surface area (Å²) in [7, 11) is 4.03. The van der Waals surface area contributed by atoms with Gasteiger partial charge >= 0.3 is 6.09 Å². The fourth-order valence-corrected chi connectivity index (χ4v) is 3.46. The number of carbonyl (C=O) groups excluding carboxylic acids is 1. The summed E-state index contributed by atoms with van der Waals surface area (Å²) in [5.74, 6) is 0.655. The van der Waals surface area contributed by atoms with Gasteiger partial charge in [0.1, 0.15) is 5.60 Å². The van der Waals surface area contributed by atoms with Gasteiger partial charge in [-0.3, -0.25) is 5.01 Å². The highest BCUT2D eigenvalue weighted by atomic mass is 16.6. The molecule has 0 spiro atoms. The summed E-state index contributed by atoms with van der Waals surface area (Å²) in [5, 5.41) is 1.77. The van der Waals surface area contributed by atoms with Gasteiger partial charge in [0.25, 0.3) is 0 Å². The summed E-state index contributed by atoms with van der Waals surface area (Å²) < 4.78 is 7.42. The molecular formula is C19H32N8O2. The SMILES string of the molecule is CN(C)CCn1cnc2c(N(NC(=O)OC(C)(C)C)C3CCCC3)nc(N)nc21. The number of fused-ring (bicyclic) bond motifs is 1. The number of rotatable bonds is 6. The Hall–Kier alpha value is -2.62. The minimum atomic E-state index is -0.598. The number of likely N-dealkylation sites (N-methyl/N-ethyl adjacent to an activating group) is 1. The highest BCUT2D eigenvalue weighted by Crippen LogP contribution is 2.30. The molecule has 3 rings (SSSR count). The third-order valence-electron chi connectivity index (χ3n) is 4.78. The van der Waals surface area contributed by atoms with Crippen molar-refractivity contribution in [3.8, 4) is 0 Å². The number of imidazole rings is 1. The van der Waals surface area contributed by atoms with Crippen LogP contribution in [-0.2, 0) is 11.3 Å². The maximum atomic E-state index is 12.5. The van der Waals surface area contributed by atoms with Crippen LogP contribution in [0, 0.1) is 0 Å². The van der Waals surface area contributed by atoms with E-state index in [-0.39, 0.29) is 12.0 Å². The van der Waals surface area contributed by atoms with Crippen LogP contribution in [0.3, 0.4) is 0 Å². The van der Waals surface area contributed by atoms with Crippen molar-refractivity contribution in [3.63, 3.8) is 0 Å². The quantitative estimate of drug-likeness (QED) is 0.704. The molecule has 0 unspecified atom stereocenters. The summed E-state index contributed by atoms with van der Waals surface area (Å²) >= 11 is 0. The molecule has 2 aromatic rings. The summed E-state index contributed by atoms with van der Waals surface area (Å²) in [5.41, 5.74) is 9.58. The van der Waals surface area contributed by atoms with Crippen molar-refractivity contribution in [2.24, 2.45) is 0 Å². The van der Waals surface area contributed by atoms with E-state index in [9.17, 15) is 4.79 Å². The van der Waals surface area contributed by atoms with Crippen molar-refractivity contribution < 1.29 is 9.53 Å². The molecule has 1 fully saturated rings. The normalized spacial score (nSPS) is 15.2. The van der Waals surface area contributed by atoms with E-state index >= 15 is 0 Å². The summed E-state index contributed by atoms with van der Waals surface area (Å²) in [4.78, 5) is 28.0. The Balaban J connectivity index is 1.97. The number of hydrogen-bond donors (Lipinski definition) is 2. The molecular weight excluding hydrogens is 372 g/mol. The van der Waals surface area contributed by atoms with Crippen LogP contribution >= 0.6 is 0 Å². The molecule has 160 valence electrons. The Bertz CT molecular complexity index is 852. The molecule has 0 radical (unpaired) electrons. The molecule has 1 amide bonds. The molecule has 0 saturated heterocycles. The first-order valence-electron chi connectivity index (χ1n) is 10.1. The zero-order valence-electron chi connectivity index (χ0n) is 18.0. The fraction of sp³-hybridized carbons (Fsp3) is 0.684. The van der Waals surface area contributed by atoms with E-state index in [1.54, 1.807) is 11.3 Å². The number of nitrogens with one attached hydrogen (secondary N) is 1. The van der Waals surface area contributed by atoms with Crippen LogP contribution in [0.25, 0.3) is 11.2 Å². The standard InChI is InChI=1S/C19H32N8O2/c1-19(2,3)29-18(28)24-27(13-8-6-7-9-13)16-14-15(22-17(20)23-16)26(12-21-14)11-10-25(4)5/h12-13H,6-11H2,1-5H3,(H,24,28)(H2,20,22,23). The number of carbonyl (C=O) groups is 1. The zero-order valence-corrected chi connectivity index (χ0v) is 18.0. The first-order chi connectivity index (χ1) is 13.6. The average molecular weight is 405 g/mol. The monoisotopic (exact) mass is 404 g/mol. The van der Waals surface area contributed by atoms with Crippen molar-refractivity contribution in [3.05, 3.63) is 6.33 Å². The number of nitrogens with zero attached hydrogens (tertiary/aromatic N) is 6. The van der Waals surface area contributed by atoms with Gasteiger partial charge < -0.3 is 19.9 Å². The number of aromatic nitrogens is 4. The molecule has 0 aliphatic heterocycles. The van der Waals surface area contributed by atoms with Gasteiger partial charge in [-0.05, 0) is 47.7 Å². The van der Waals surface area contributed by atoms with Crippen molar-refractivity contribution in [1.29, 1.82) is 0 Å². The van der Waals surface area contributed by atoms with Gasteiger partial charge in [0.05, 0.1) is 12.4 Å². The van der Waals surface area contributed by atoms with Gasteiger partial charge in [0.15, 0.2) is 17.0 Å². The zero-order chi connectivity index (χ0) is 21.2. The maximum absolute atomic E-state index is 12.5. The summed E-state index contributed by atoms with van der Waals surface area (Å²) in [6.07, 6.45) is 5.30. The molecule has 1 aliphatic carbocycles. The highest BCUT2D eigenvalue weighted by molar-refractivity contribution is 5.86. The Morgan fingerprint density at radius 1 is 1.31 bits per heavy atom. The minimum absolute atomic E-state index is 0.104. The Morgan fingerprint density at radius 3 is 2.62 bits per heavy atom. The third-order valence-corrected chi connectivity index (χ3v) is 4.78. The van der Waals surface area contributed by atoms with Gasteiger partial charge in [0.2, 0.25) is 5.95 Å². The van der Waals surface area contributed by atoms with E-state index in [1.165, 1.54) is 0 Å². The lowest BCUT2D eigenvalue weighted by molar-refractivity contribution is 0.0514. The van der Waals surface area contributed by atoms with Crippen LogP contribution in [0.2, 0.25) is 0 Å². The van der Waals surface area contributed by atoms with Gasteiger partial charge in [-0.15, -0.1) is 0 Å². The molecule has 3 N–H and O–H groups in total. The van der Waals surface area contributed by atoms with Gasteiger partial charge in [-0.2, -0.15) is 9.97 Å². The highest BCUT2D eigenvalue weighted by Gasteiger charge is 2.30. The van der Waals surface area contributed by atoms with Crippen LogP contribution in [0.4, 0.5) is 16.6 Å². The van der Waals surface area contributed by atoms with Gasteiger partial charge in [-0.25, -0.2) is 15.2 Å². The number of nitrogens with two attached hydrogens (primary N) is 1. The van der Waals surface area contributed by atoms with Crippen LogP contribution in [0.1, 0.15) is 46.5 Å².